The molecule has 20 heavy (non-hydrogen) atoms. The zero-order chi connectivity index (χ0) is 15.0. The average molecular weight is 299 g/mol. The maximum atomic E-state index is 11.6. The van der Waals surface area contributed by atoms with Crippen LogP contribution < -0.4 is 15.4 Å². The smallest absolute Gasteiger partial charge is 0.221 e. The summed E-state index contributed by atoms with van der Waals surface area (Å²) in [5.41, 5.74) is 0.916. The van der Waals surface area contributed by atoms with Gasteiger partial charge in [-0.2, -0.15) is 0 Å². The van der Waals surface area contributed by atoms with Crippen LogP contribution in [-0.2, 0) is 11.3 Å². The lowest BCUT2D eigenvalue weighted by Crippen LogP contribution is -2.33. The van der Waals surface area contributed by atoms with E-state index in [0.29, 0.717) is 24.5 Å². The summed E-state index contributed by atoms with van der Waals surface area (Å²) < 4.78 is 5.27. The number of rotatable bonds is 8. The van der Waals surface area contributed by atoms with E-state index in [-0.39, 0.29) is 11.9 Å². The molecule has 0 radical (unpaired) electrons. The first-order valence-corrected chi connectivity index (χ1v) is 7.27. The van der Waals surface area contributed by atoms with Crippen LogP contribution in [0.25, 0.3) is 0 Å². The molecule has 5 heteroatoms. The Morgan fingerprint density at radius 2 is 2.20 bits per heavy atom. The molecule has 0 aliphatic carbocycles. The molecule has 0 saturated heterocycles. The van der Waals surface area contributed by atoms with Crippen molar-refractivity contribution >= 4 is 17.5 Å². The van der Waals surface area contributed by atoms with Crippen molar-refractivity contribution < 1.29 is 9.53 Å². The Morgan fingerprint density at radius 1 is 1.45 bits per heavy atom. The highest BCUT2D eigenvalue weighted by Crippen LogP contribution is 2.25. The first-order chi connectivity index (χ1) is 9.58. The molecule has 1 atom stereocenters. The molecule has 0 aromatic heterocycles. The van der Waals surface area contributed by atoms with Crippen LogP contribution >= 0.6 is 11.6 Å². The maximum Gasteiger partial charge on any atom is 0.221 e. The van der Waals surface area contributed by atoms with Gasteiger partial charge >= 0.3 is 0 Å². The van der Waals surface area contributed by atoms with Crippen LogP contribution in [0.5, 0.6) is 5.75 Å². The van der Waals surface area contributed by atoms with Crippen molar-refractivity contribution in [2.24, 2.45) is 0 Å². The fourth-order valence-corrected chi connectivity index (χ4v) is 2.00. The molecule has 112 valence electrons. The molecule has 0 aliphatic rings. The second-order valence-electron chi connectivity index (χ2n) is 4.72. The number of nitrogens with one attached hydrogen (secondary N) is 2. The van der Waals surface area contributed by atoms with Gasteiger partial charge in [0.2, 0.25) is 5.91 Å². The van der Waals surface area contributed by atoms with E-state index >= 15 is 0 Å². The van der Waals surface area contributed by atoms with Crippen LogP contribution in [0, 0.1) is 0 Å². The van der Waals surface area contributed by atoms with Crippen LogP contribution in [-0.4, -0.2) is 25.6 Å². The van der Waals surface area contributed by atoms with Gasteiger partial charge in [0.25, 0.3) is 0 Å². The van der Waals surface area contributed by atoms with E-state index in [2.05, 4.69) is 10.6 Å². The van der Waals surface area contributed by atoms with E-state index in [1.54, 1.807) is 7.11 Å². The Balaban J connectivity index is 2.36. The summed E-state index contributed by atoms with van der Waals surface area (Å²) >= 11 is 6.14. The third-order valence-electron chi connectivity index (χ3n) is 3.15. The molecule has 0 saturated carbocycles. The molecule has 2 N–H and O–H groups in total. The lowest BCUT2D eigenvalue weighted by atomic mass is 10.2. The van der Waals surface area contributed by atoms with Crippen molar-refractivity contribution in [3.63, 3.8) is 0 Å². The molecule has 1 unspecified atom stereocenters. The summed E-state index contributed by atoms with van der Waals surface area (Å²) in [4.78, 5) is 11.6. The molecular formula is C15H23ClN2O2. The highest BCUT2D eigenvalue weighted by Gasteiger charge is 2.08. The van der Waals surface area contributed by atoms with E-state index < -0.39 is 0 Å². The minimum atomic E-state index is 0.0676. The predicted molar refractivity (Wildman–Crippen MR) is 82.2 cm³/mol. The minimum Gasteiger partial charge on any atom is -0.496 e. The third-order valence-corrected chi connectivity index (χ3v) is 3.50. The van der Waals surface area contributed by atoms with E-state index in [0.717, 1.165) is 17.7 Å². The van der Waals surface area contributed by atoms with Crippen LogP contribution in [0.4, 0.5) is 0 Å². The van der Waals surface area contributed by atoms with E-state index in [1.807, 2.05) is 32.0 Å². The average Bonchev–Trinajstić information content (AvgIpc) is 2.44. The van der Waals surface area contributed by atoms with Crippen molar-refractivity contribution in [1.82, 2.24) is 10.6 Å². The quantitative estimate of drug-likeness (QED) is 0.726. The summed E-state index contributed by atoms with van der Waals surface area (Å²) in [6.07, 6.45) is 1.40. The van der Waals surface area contributed by atoms with Crippen LogP contribution in [0.2, 0.25) is 5.02 Å². The lowest BCUT2D eigenvalue weighted by Gasteiger charge is -2.13. The number of benzene rings is 1. The minimum absolute atomic E-state index is 0.0676. The van der Waals surface area contributed by atoms with Crippen LogP contribution in [0.3, 0.4) is 0 Å². The van der Waals surface area contributed by atoms with Gasteiger partial charge in [-0.3, -0.25) is 4.79 Å². The van der Waals surface area contributed by atoms with Gasteiger partial charge in [0, 0.05) is 36.1 Å². The summed E-state index contributed by atoms with van der Waals surface area (Å²) in [6, 6.07) is 5.78. The Bertz CT molecular complexity index is 438. The van der Waals surface area contributed by atoms with Gasteiger partial charge in [-0.05, 0) is 25.5 Å². The molecule has 1 rings (SSSR count). The first-order valence-electron chi connectivity index (χ1n) is 6.90. The second kappa shape index (κ2) is 8.82. The number of ether oxygens (including phenoxy) is 1. The fourth-order valence-electron chi connectivity index (χ4n) is 1.77. The topological polar surface area (TPSA) is 50.4 Å². The summed E-state index contributed by atoms with van der Waals surface area (Å²) in [6.45, 7) is 5.24. The molecule has 4 nitrogen and oxygen atoms in total. The summed E-state index contributed by atoms with van der Waals surface area (Å²) in [7, 11) is 1.62. The van der Waals surface area contributed by atoms with Gasteiger partial charge in [-0.15, -0.1) is 0 Å². The van der Waals surface area contributed by atoms with Gasteiger partial charge in [-0.1, -0.05) is 24.6 Å². The maximum absolute atomic E-state index is 11.6. The number of hydrogen-bond acceptors (Lipinski definition) is 3. The molecule has 0 bridgehead atoms. The van der Waals surface area contributed by atoms with Crippen molar-refractivity contribution in [1.29, 1.82) is 0 Å². The zero-order valence-corrected chi connectivity index (χ0v) is 13.1. The molecular weight excluding hydrogens is 276 g/mol. The summed E-state index contributed by atoms with van der Waals surface area (Å²) in [5.74, 6) is 0.826. The highest BCUT2D eigenvalue weighted by atomic mass is 35.5. The van der Waals surface area contributed by atoms with Gasteiger partial charge in [0.1, 0.15) is 5.75 Å². The zero-order valence-electron chi connectivity index (χ0n) is 12.3. The van der Waals surface area contributed by atoms with Crippen molar-refractivity contribution in [3.05, 3.63) is 28.8 Å². The van der Waals surface area contributed by atoms with E-state index in [4.69, 9.17) is 16.3 Å². The Morgan fingerprint density at radius 3 is 2.85 bits per heavy atom. The van der Waals surface area contributed by atoms with Gasteiger partial charge < -0.3 is 15.4 Å². The van der Waals surface area contributed by atoms with Gasteiger partial charge in [0.05, 0.1) is 7.11 Å². The van der Waals surface area contributed by atoms with E-state index in [9.17, 15) is 4.79 Å². The number of carbonyl (C=O) groups excluding carboxylic acids is 1. The largest absolute Gasteiger partial charge is 0.496 e. The Hall–Kier alpha value is -1.26. The number of hydrogen-bond donors (Lipinski definition) is 2. The second-order valence-corrected chi connectivity index (χ2v) is 5.13. The van der Waals surface area contributed by atoms with Crippen molar-refractivity contribution in [3.8, 4) is 5.75 Å². The highest BCUT2D eigenvalue weighted by molar-refractivity contribution is 6.31. The summed E-state index contributed by atoms with van der Waals surface area (Å²) in [5, 5.41) is 6.81. The number of carbonyl (C=O) groups is 1. The fraction of sp³-hybridized carbons (Fsp3) is 0.533. The lowest BCUT2D eigenvalue weighted by molar-refractivity contribution is -0.121. The number of amides is 1. The first kappa shape index (κ1) is 16.8. The molecule has 1 aromatic rings. The predicted octanol–water partition coefficient (Wildman–Crippen LogP) is 2.74. The Labute approximate surface area is 125 Å². The molecule has 1 aromatic carbocycles. The van der Waals surface area contributed by atoms with Crippen LogP contribution in [0.15, 0.2) is 18.2 Å². The van der Waals surface area contributed by atoms with Crippen molar-refractivity contribution in [2.45, 2.75) is 39.3 Å². The molecule has 0 aliphatic heterocycles. The third kappa shape index (κ3) is 5.39. The Kier molecular flexibility index (Phi) is 7.41. The van der Waals surface area contributed by atoms with Crippen LogP contribution in [0.1, 0.15) is 32.3 Å². The SMILES string of the molecule is CCC(C)NC(=O)CCNCc1c(Cl)cccc1OC. The molecule has 1 amide bonds. The molecule has 0 fully saturated rings. The normalized spacial score (nSPS) is 12.0. The standard InChI is InChI=1S/C15H23ClN2O2/c1-4-11(2)18-15(19)8-9-17-10-12-13(16)6-5-7-14(12)20-3/h5-7,11,17H,4,8-10H2,1-3H3,(H,18,19). The monoisotopic (exact) mass is 298 g/mol. The molecule has 0 heterocycles. The van der Waals surface area contributed by atoms with E-state index in [1.165, 1.54) is 0 Å². The van der Waals surface area contributed by atoms with Crippen molar-refractivity contribution in [2.75, 3.05) is 13.7 Å². The number of halogens is 1. The van der Waals surface area contributed by atoms with Gasteiger partial charge in [0.15, 0.2) is 0 Å². The molecule has 0 spiro atoms. The van der Waals surface area contributed by atoms with Gasteiger partial charge in [-0.25, -0.2) is 0 Å². The number of methoxy groups -OCH3 is 1.